The fraction of sp³-hybridized carbons (Fsp3) is 0.154. The molecule has 0 aliphatic carbocycles. The van der Waals surface area contributed by atoms with E-state index < -0.39 is 10.0 Å². The Hall–Kier alpha value is -2.01. The lowest BCUT2D eigenvalue weighted by molar-refractivity contribution is 0.350. The topological polar surface area (TPSA) is 84.2 Å². The minimum absolute atomic E-state index is 0.0520. The first-order valence-electron chi connectivity index (χ1n) is 5.83. The monoisotopic (exact) mass is 325 g/mol. The van der Waals surface area contributed by atoms with Gasteiger partial charge in [-0.3, -0.25) is 9.40 Å². The van der Waals surface area contributed by atoms with Crippen LogP contribution in [0.3, 0.4) is 0 Å². The van der Waals surface area contributed by atoms with Crippen LogP contribution in [0.4, 0.5) is 5.69 Å². The summed E-state index contributed by atoms with van der Waals surface area (Å²) in [7, 11) is -2.12. The van der Waals surface area contributed by atoms with Gasteiger partial charge in [0.2, 0.25) is 0 Å². The maximum absolute atomic E-state index is 12.2. The normalized spacial score (nSPS) is 10.8. The van der Waals surface area contributed by atoms with Crippen molar-refractivity contribution < 1.29 is 13.5 Å². The van der Waals surface area contributed by atoms with E-state index in [1.807, 2.05) is 0 Å². The molecule has 0 aliphatic heterocycles. The van der Waals surface area contributed by atoms with Gasteiger partial charge >= 0.3 is 0 Å². The second kappa shape index (κ2) is 6.18. The summed E-state index contributed by atoms with van der Waals surface area (Å²) in [5.74, 6) is 5.12. The number of nitrogens with one attached hydrogen (secondary N) is 1. The molecule has 6 nitrogen and oxygen atoms in total. The molecule has 1 aromatic carbocycles. The van der Waals surface area contributed by atoms with E-state index in [1.54, 1.807) is 7.05 Å². The third-order valence-corrected chi connectivity index (χ3v) is 4.35. The van der Waals surface area contributed by atoms with Crippen molar-refractivity contribution in [3.05, 3.63) is 41.2 Å². The molecule has 0 fully saturated rings. The Morgan fingerprint density at radius 3 is 2.81 bits per heavy atom. The second-order valence-electron chi connectivity index (χ2n) is 4.11. The number of aliphatic hydroxyl groups is 1. The minimum atomic E-state index is -3.80. The summed E-state index contributed by atoms with van der Waals surface area (Å²) < 4.78 is 28.4. The van der Waals surface area contributed by atoms with Gasteiger partial charge in [-0.1, -0.05) is 23.4 Å². The van der Waals surface area contributed by atoms with Gasteiger partial charge in [-0.2, -0.15) is 5.10 Å². The molecule has 0 spiro atoms. The van der Waals surface area contributed by atoms with E-state index in [2.05, 4.69) is 21.7 Å². The van der Waals surface area contributed by atoms with Crippen LogP contribution in [0.5, 0.6) is 0 Å². The molecular formula is C13H12ClN3O3S. The van der Waals surface area contributed by atoms with Crippen LogP contribution in [-0.4, -0.2) is 29.9 Å². The summed E-state index contributed by atoms with van der Waals surface area (Å²) >= 11 is 5.99. The largest absolute Gasteiger partial charge is 0.384 e. The highest BCUT2D eigenvalue weighted by Gasteiger charge is 2.18. The second-order valence-corrected chi connectivity index (χ2v) is 6.17. The van der Waals surface area contributed by atoms with E-state index >= 15 is 0 Å². The Morgan fingerprint density at radius 2 is 2.24 bits per heavy atom. The zero-order valence-electron chi connectivity index (χ0n) is 11.0. The molecule has 0 radical (unpaired) electrons. The lowest BCUT2D eigenvalue weighted by atomic mass is 10.2. The molecule has 2 aromatic rings. The van der Waals surface area contributed by atoms with E-state index in [4.69, 9.17) is 16.7 Å². The van der Waals surface area contributed by atoms with Crippen LogP contribution in [0.1, 0.15) is 5.56 Å². The predicted octanol–water partition coefficient (Wildman–Crippen LogP) is 1.22. The number of aromatic nitrogens is 2. The lowest BCUT2D eigenvalue weighted by Gasteiger charge is -2.07. The molecule has 2 N–H and O–H groups in total. The quantitative estimate of drug-likeness (QED) is 0.831. The van der Waals surface area contributed by atoms with Crippen LogP contribution in [0.25, 0.3) is 0 Å². The number of halogens is 1. The number of anilines is 1. The molecule has 0 bridgehead atoms. The van der Waals surface area contributed by atoms with Crippen molar-refractivity contribution in [2.24, 2.45) is 7.05 Å². The average Bonchev–Trinajstić information content (AvgIpc) is 2.80. The number of aryl methyl sites for hydroxylation is 1. The Kier molecular flexibility index (Phi) is 4.53. The number of sulfonamides is 1. The predicted molar refractivity (Wildman–Crippen MR) is 79.4 cm³/mol. The highest BCUT2D eigenvalue weighted by molar-refractivity contribution is 7.92. The summed E-state index contributed by atoms with van der Waals surface area (Å²) in [4.78, 5) is -0.0532. The maximum atomic E-state index is 12.2. The van der Waals surface area contributed by atoms with Gasteiger partial charge in [0, 0.05) is 18.8 Å². The zero-order chi connectivity index (χ0) is 15.5. The third kappa shape index (κ3) is 3.76. The molecule has 0 amide bonds. The lowest BCUT2D eigenvalue weighted by Crippen LogP contribution is -2.13. The molecule has 0 saturated heterocycles. The number of nitrogens with zero attached hydrogens (tertiary/aromatic N) is 2. The summed E-state index contributed by atoms with van der Waals surface area (Å²) in [6, 6.07) is 4.32. The Morgan fingerprint density at radius 1 is 1.48 bits per heavy atom. The molecule has 2 rings (SSSR count). The first-order valence-corrected chi connectivity index (χ1v) is 7.69. The van der Waals surface area contributed by atoms with Crippen LogP contribution in [0.2, 0.25) is 5.02 Å². The summed E-state index contributed by atoms with van der Waals surface area (Å²) in [5, 5.41) is 12.6. The highest BCUT2D eigenvalue weighted by Crippen LogP contribution is 2.24. The van der Waals surface area contributed by atoms with E-state index in [1.165, 1.54) is 35.3 Å². The first-order chi connectivity index (χ1) is 9.92. The number of rotatable bonds is 3. The van der Waals surface area contributed by atoms with E-state index in [-0.39, 0.29) is 16.5 Å². The van der Waals surface area contributed by atoms with Crippen molar-refractivity contribution in [2.45, 2.75) is 4.90 Å². The Bertz CT molecular complexity index is 819. The van der Waals surface area contributed by atoms with Crippen LogP contribution < -0.4 is 4.72 Å². The van der Waals surface area contributed by atoms with Gasteiger partial charge in [-0.25, -0.2) is 8.42 Å². The zero-order valence-corrected chi connectivity index (χ0v) is 12.6. The molecule has 110 valence electrons. The van der Waals surface area contributed by atoms with Crippen molar-refractivity contribution >= 4 is 27.3 Å². The Balaban J connectivity index is 2.32. The third-order valence-electron chi connectivity index (χ3n) is 2.49. The van der Waals surface area contributed by atoms with Crippen molar-refractivity contribution in [1.82, 2.24) is 9.78 Å². The van der Waals surface area contributed by atoms with Gasteiger partial charge in [0.15, 0.2) is 0 Å². The molecule has 8 heteroatoms. The number of aliphatic hydroxyl groups excluding tert-OH is 1. The minimum Gasteiger partial charge on any atom is -0.384 e. The summed E-state index contributed by atoms with van der Waals surface area (Å²) in [6.45, 7) is -0.278. The molecular weight excluding hydrogens is 314 g/mol. The first kappa shape index (κ1) is 15.4. The number of hydrogen-bond donors (Lipinski definition) is 2. The van der Waals surface area contributed by atoms with Crippen molar-refractivity contribution in [2.75, 3.05) is 11.3 Å². The fourth-order valence-corrected chi connectivity index (χ4v) is 3.20. The molecule has 0 saturated carbocycles. The summed E-state index contributed by atoms with van der Waals surface area (Å²) in [6.07, 6.45) is 2.93. The Labute approximate surface area is 127 Å². The van der Waals surface area contributed by atoms with Gasteiger partial charge in [0.05, 0.1) is 16.9 Å². The van der Waals surface area contributed by atoms with E-state index in [0.717, 1.165) is 0 Å². The van der Waals surface area contributed by atoms with Crippen molar-refractivity contribution in [1.29, 1.82) is 0 Å². The maximum Gasteiger partial charge on any atom is 0.263 e. The average molecular weight is 326 g/mol. The van der Waals surface area contributed by atoms with Crippen LogP contribution in [0.15, 0.2) is 35.5 Å². The molecule has 21 heavy (non-hydrogen) atoms. The standard InChI is InChI=1S/C13H12ClN3O3S/c1-17-9-11(8-15-17)16-21(19,20)13-5-4-10(3-2-6-18)7-12(13)14/h4-5,7-9,16,18H,6H2,1H3. The molecule has 0 atom stereocenters. The highest BCUT2D eigenvalue weighted by atomic mass is 35.5. The van der Waals surface area contributed by atoms with Crippen LogP contribution >= 0.6 is 11.6 Å². The van der Waals surface area contributed by atoms with Gasteiger partial charge in [-0.15, -0.1) is 0 Å². The molecule has 0 aliphatic rings. The number of hydrogen-bond acceptors (Lipinski definition) is 4. The van der Waals surface area contributed by atoms with Gasteiger partial charge in [-0.05, 0) is 18.2 Å². The van der Waals surface area contributed by atoms with E-state index in [0.29, 0.717) is 11.3 Å². The van der Waals surface area contributed by atoms with Crippen LogP contribution in [-0.2, 0) is 17.1 Å². The van der Waals surface area contributed by atoms with Gasteiger partial charge < -0.3 is 5.11 Å². The smallest absolute Gasteiger partial charge is 0.263 e. The molecule has 1 heterocycles. The van der Waals surface area contributed by atoms with Crippen molar-refractivity contribution in [3.63, 3.8) is 0 Å². The van der Waals surface area contributed by atoms with Gasteiger partial charge in [0.25, 0.3) is 10.0 Å². The SMILES string of the molecule is Cn1cc(NS(=O)(=O)c2ccc(C#CCO)cc2Cl)cn1. The number of benzene rings is 1. The van der Waals surface area contributed by atoms with Crippen LogP contribution in [0, 0.1) is 11.8 Å². The summed E-state index contributed by atoms with van der Waals surface area (Å²) in [5.41, 5.74) is 0.868. The van der Waals surface area contributed by atoms with Gasteiger partial charge in [0.1, 0.15) is 11.5 Å². The molecule has 0 unspecified atom stereocenters. The van der Waals surface area contributed by atoms with Crippen molar-refractivity contribution in [3.8, 4) is 11.8 Å². The van der Waals surface area contributed by atoms with E-state index in [9.17, 15) is 8.42 Å². The fourth-order valence-electron chi connectivity index (χ4n) is 1.62. The molecule has 1 aromatic heterocycles.